The van der Waals surface area contributed by atoms with Gasteiger partial charge in [-0.2, -0.15) is 0 Å². The molecule has 1 aliphatic heterocycles. The Balaban J connectivity index is 1.59. The Hall–Kier alpha value is -4.25. The molecule has 4 aromatic carbocycles. The van der Waals surface area contributed by atoms with Gasteiger partial charge in [0.2, 0.25) is 0 Å². The fraction of sp³-hybridized carbons (Fsp3) is 0.100. The number of hydrogen-bond donors (Lipinski definition) is 0. The summed E-state index contributed by atoms with van der Waals surface area (Å²) in [6.07, 6.45) is 1.78. The molecule has 0 saturated carbocycles. The zero-order valence-corrected chi connectivity index (χ0v) is 18.7. The summed E-state index contributed by atoms with van der Waals surface area (Å²) in [5.41, 5.74) is 2.98. The number of ether oxygens (including phenoxy) is 2. The lowest BCUT2D eigenvalue weighted by atomic mass is 9.77. The van der Waals surface area contributed by atoms with Crippen molar-refractivity contribution in [2.24, 2.45) is 0 Å². The SMILES string of the molecule is O=C(OCc1ccccc1)[C@H]1c2ccccc2O/C(=C\c2ccc(F)cc2)[C@@H]1c1ccc(F)cc1. The van der Waals surface area contributed by atoms with Gasteiger partial charge in [-0.25, -0.2) is 8.78 Å². The van der Waals surface area contributed by atoms with Crippen LogP contribution in [0.25, 0.3) is 6.08 Å². The lowest BCUT2D eigenvalue weighted by Crippen LogP contribution is -2.29. The molecule has 0 aromatic heterocycles. The molecule has 1 aliphatic rings. The third kappa shape index (κ3) is 4.99. The van der Waals surface area contributed by atoms with Gasteiger partial charge >= 0.3 is 5.97 Å². The molecule has 0 saturated heterocycles. The van der Waals surface area contributed by atoms with E-state index in [9.17, 15) is 13.6 Å². The van der Waals surface area contributed by atoms with Gasteiger partial charge in [0.25, 0.3) is 0 Å². The molecule has 4 aromatic rings. The fourth-order valence-electron chi connectivity index (χ4n) is 4.32. The van der Waals surface area contributed by atoms with Crippen molar-refractivity contribution in [3.8, 4) is 5.75 Å². The van der Waals surface area contributed by atoms with Crippen LogP contribution in [0.1, 0.15) is 34.1 Å². The molecule has 0 amide bonds. The van der Waals surface area contributed by atoms with E-state index in [1.54, 1.807) is 36.4 Å². The van der Waals surface area contributed by atoms with Crippen molar-refractivity contribution in [3.05, 3.63) is 143 Å². The summed E-state index contributed by atoms with van der Waals surface area (Å²) in [4.78, 5) is 13.6. The van der Waals surface area contributed by atoms with Crippen LogP contribution in [0, 0.1) is 11.6 Å². The number of fused-ring (bicyclic) bond motifs is 1. The van der Waals surface area contributed by atoms with Crippen LogP contribution in [0.4, 0.5) is 8.78 Å². The zero-order chi connectivity index (χ0) is 24.2. The fourth-order valence-corrected chi connectivity index (χ4v) is 4.32. The van der Waals surface area contributed by atoms with Crippen molar-refractivity contribution < 1.29 is 23.0 Å². The normalized spacial score (nSPS) is 17.9. The molecule has 0 fully saturated rings. The second-order valence-electron chi connectivity index (χ2n) is 8.34. The third-order valence-electron chi connectivity index (χ3n) is 6.01. The first kappa shape index (κ1) is 22.5. The van der Waals surface area contributed by atoms with E-state index >= 15 is 0 Å². The molecule has 2 atom stereocenters. The summed E-state index contributed by atoms with van der Waals surface area (Å²) in [7, 11) is 0. The van der Waals surface area contributed by atoms with E-state index in [0.29, 0.717) is 28.2 Å². The molecular formula is C30H22F2O3. The number of para-hydroxylation sites is 1. The highest BCUT2D eigenvalue weighted by Crippen LogP contribution is 2.48. The molecule has 0 aliphatic carbocycles. The smallest absolute Gasteiger partial charge is 0.314 e. The van der Waals surface area contributed by atoms with E-state index in [-0.39, 0.29) is 18.2 Å². The predicted molar refractivity (Wildman–Crippen MR) is 130 cm³/mol. The quantitative estimate of drug-likeness (QED) is 0.296. The standard InChI is InChI=1S/C30H22F2O3/c31-23-14-10-20(11-15-23)18-27-28(22-12-16-24(32)17-13-22)29(25-8-4-5-9-26(25)35-27)30(33)34-19-21-6-2-1-3-7-21/h1-18,28-29H,19H2/b27-18-/t28-,29-/m0/s1. The Kier molecular flexibility index (Phi) is 6.40. The number of allylic oxidation sites excluding steroid dienone is 1. The molecule has 5 rings (SSSR count). The number of halogens is 2. The van der Waals surface area contributed by atoms with E-state index < -0.39 is 17.8 Å². The van der Waals surface area contributed by atoms with Gasteiger partial charge in [0.05, 0.1) is 11.8 Å². The van der Waals surface area contributed by atoms with Gasteiger partial charge in [-0.1, -0.05) is 72.8 Å². The number of carbonyl (C=O) groups is 1. The van der Waals surface area contributed by atoms with Crippen molar-refractivity contribution in [1.29, 1.82) is 0 Å². The van der Waals surface area contributed by atoms with Crippen molar-refractivity contribution in [2.45, 2.75) is 18.4 Å². The highest BCUT2D eigenvalue weighted by Gasteiger charge is 2.41. The Morgan fingerprint density at radius 1 is 0.800 bits per heavy atom. The van der Waals surface area contributed by atoms with Gasteiger partial charge in [0.1, 0.15) is 29.8 Å². The van der Waals surface area contributed by atoms with Crippen molar-refractivity contribution >= 4 is 12.0 Å². The Bertz CT molecular complexity index is 1350. The monoisotopic (exact) mass is 468 g/mol. The lowest BCUT2D eigenvalue weighted by molar-refractivity contribution is -0.147. The van der Waals surface area contributed by atoms with Crippen LogP contribution in [0.5, 0.6) is 5.75 Å². The Morgan fingerprint density at radius 3 is 2.14 bits per heavy atom. The maximum Gasteiger partial charge on any atom is 0.314 e. The van der Waals surface area contributed by atoms with Crippen molar-refractivity contribution in [3.63, 3.8) is 0 Å². The molecule has 0 N–H and O–H groups in total. The lowest BCUT2D eigenvalue weighted by Gasteiger charge is -2.34. The minimum absolute atomic E-state index is 0.131. The third-order valence-corrected chi connectivity index (χ3v) is 6.01. The van der Waals surface area contributed by atoms with Crippen LogP contribution in [0.15, 0.2) is 109 Å². The summed E-state index contributed by atoms with van der Waals surface area (Å²) >= 11 is 0. The molecule has 0 unspecified atom stereocenters. The maximum atomic E-state index is 13.8. The summed E-state index contributed by atoms with van der Waals surface area (Å²) < 4.78 is 39.3. The molecule has 174 valence electrons. The van der Waals surface area contributed by atoms with Crippen molar-refractivity contribution in [1.82, 2.24) is 0 Å². The highest BCUT2D eigenvalue weighted by atomic mass is 19.1. The van der Waals surface area contributed by atoms with E-state index in [2.05, 4.69) is 0 Å². The van der Waals surface area contributed by atoms with Crippen LogP contribution in [0.3, 0.4) is 0 Å². The second-order valence-corrected chi connectivity index (χ2v) is 8.34. The van der Waals surface area contributed by atoms with E-state index in [1.807, 2.05) is 48.5 Å². The Morgan fingerprint density at radius 2 is 1.43 bits per heavy atom. The van der Waals surface area contributed by atoms with Gasteiger partial charge in [0, 0.05) is 5.56 Å². The predicted octanol–water partition coefficient (Wildman–Crippen LogP) is 7.01. The molecule has 0 radical (unpaired) electrons. The largest absolute Gasteiger partial charge is 0.461 e. The van der Waals surface area contributed by atoms with Gasteiger partial charge < -0.3 is 9.47 Å². The molecule has 1 heterocycles. The van der Waals surface area contributed by atoms with Gasteiger partial charge in [-0.05, 0) is 53.1 Å². The van der Waals surface area contributed by atoms with Crippen LogP contribution in [-0.2, 0) is 16.1 Å². The Labute approximate surface area is 202 Å². The molecule has 5 heteroatoms. The van der Waals surface area contributed by atoms with E-state index in [0.717, 1.165) is 5.56 Å². The summed E-state index contributed by atoms with van der Waals surface area (Å²) in [5.74, 6) is -1.40. The highest BCUT2D eigenvalue weighted by molar-refractivity contribution is 5.83. The summed E-state index contributed by atoms with van der Waals surface area (Å²) in [6, 6.07) is 28.8. The molecule has 0 spiro atoms. The molecule has 35 heavy (non-hydrogen) atoms. The average molecular weight is 468 g/mol. The van der Waals surface area contributed by atoms with Crippen LogP contribution in [-0.4, -0.2) is 5.97 Å². The van der Waals surface area contributed by atoms with Gasteiger partial charge in [0.15, 0.2) is 0 Å². The minimum Gasteiger partial charge on any atom is -0.461 e. The van der Waals surface area contributed by atoms with Crippen molar-refractivity contribution in [2.75, 3.05) is 0 Å². The number of rotatable bonds is 5. The average Bonchev–Trinajstić information content (AvgIpc) is 2.89. The number of esters is 1. The first-order valence-electron chi connectivity index (χ1n) is 11.3. The first-order valence-corrected chi connectivity index (χ1v) is 11.3. The summed E-state index contributed by atoms with van der Waals surface area (Å²) in [6.45, 7) is 0.131. The second kappa shape index (κ2) is 9.94. The van der Waals surface area contributed by atoms with Crippen LogP contribution >= 0.6 is 0 Å². The topological polar surface area (TPSA) is 35.5 Å². The first-order chi connectivity index (χ1) is 17.1. The maximum absolute atomic E-state index is 13.8. The van der Waals surface area contributed by atoms with E-state index in [1.165, 1.54) is 24.3 Å². The number of hydrogen-bond acceptors (Lipinski definition) is 3. The van der Waals surface area contributed by atoms with Crippen LogP contribution in [0.2, 0.25) is 0 Å². The number of benzene rings is 4. The summed E-state index contributed by atoms with van der Waals surface area (Å²) in [5, 5.41) is 0. The van der Waals surface area contributed by atoms with Crippen LogP contribution < -0.4 is 4.74 Å². The molecule has 0 bridgehead atoms. The van der Waals surface area contributed by atoms with E-state index in [4.69, 9.17) is 9.47 Å². The van der Waals surface area contributed by atoms with Gasteiger partial charge in [-0.3, -0.25) is 4.79 Å². The molecular weight excluding hydrogens is 446 g/mol. The minimum atomic E-state index is -0.721. The zero-order valence-electron chi connectivity index (χ0n) is 18.7. The number of carbonyl (C=O) groups excluding carboxylic acids is 1. The molecule has 3 nitrogen and oxygen atoms in total. The van der Waals surface area contributed by atoms with Gasteiger partial charge in [-0.15, -0.1) is 0 Å².